The minimum absolute atomic E-state index is 0.157. The summed E-state index contributed by atoms with van der Waals surface area (Å²) in [7, 11) is -3.51. The van der Waals surface area contributed by atoms with Crippen LogP contribution in [0.5, 0.6) is 0 Å². The van der Waals surface area contributed by atoms with E-state index in [9.17, 15) is 12.8 Å². The maximum absolute atomic E-state index is 12.9. The summed E-state index contributed by atoms with van der Waals surface area (Å²) in [5.74, 6) is -0.572. The highest BCUT2D eigenvalue weighted by molar-refractivity contribution is 7.88. The highest BCUT2D eigenvalue weighted by Crippen LogP contribution is 2.22. The molecule has 0 aliphatic heterocycles. The highest BCUT2D eigenvalue weighted by atomic mass is 32.2. The third-order valence-corrected chi connectivity index (χ3v) is 6.31. The van der Waals surface area contributed by atoms with Crippen LogP contribution in [0, 0.1) is 12.7 Å². The number of hydrogen-bond acceptors (Lipinski definition) is 4. The first-order valence-corrected chi connectivity index (χ1v) is 10.6. The minimum Gasteiger partial charge on any atom is -0.245 e. The number of thiazole rings is 1. The van der Waals surface area contributed by atoms with Crippen LogP contribution in [0.25, 0.3) is 0 Å². The molecule has 0 fully saturated rings. The SMILES string of the molecule is Cc1nc(CNS(=O)(=O)Cc2ccc(F)cc2)sc1Cc1ccccc1. The smallest absolute Gasteiger partial charge is 0.216 e. The topological polar surface area (TPSA) is 59.1 Å². The Morgan fingerprint density at radius 2 is 1.73 bits per heavy atom. The molecule has 0 aliphatic carbocycles. The summed E-state index contributed by atoms with van der Waals surface area (Å²) in [5, 5.41) is 0.733. The van der Waals surface area contributed by atoms with Crippen molar-refractivity contribution in [2.75, 3.05) is 0 Å². The van der Waals surface area contributed by atoms with Gasteiger partial charge in [-0.1, -0.05) is 42.5 Å². The lowest BCUT2D eigenvalue weighted by Crippen LogP contribution is -2.24. The Labute approximate surface area is 156 Å². The molecule has 2 aromatic carbocycles. The molecule has 0 radical (unpaired) electrons. The first kappa shape index (κ1) is 18.7. The van der Waals surface area contributed by atoms with Gasteiger partial charge in [-0.25, -0.2) is 22.5 Å². The third-order valence-electron chi connectivity index (χ3n) is 3.86. The van der Waals surface area contributed by atoms with Gasteiger partial charge in [0.05, 0.1) is 18.0 Å². The number of rotatable bonds is 7. The van der Waals surface area contributed by atoms with Gasteiger partial charge in [0.15, 0.2) is 0 Å². The molecule has 1 aromatic heterocycles. The number of hydrogen-bond donors (Lipinski definition) is 1. The molecule has 4 nitrogen and oxygen atoms in total. The molecular formula is C19H19FN2O2S2. The zero-order chi connectivity index (χ0) is 18.6. The Morgan fingerprint density at radius 1 is 1.04 bits per heavy atom. The van der Waals surface area contributed by atoms with Crippen LogP contribution in [-0.2, 0) is 28.7 Å². The number of halogens is 1. The predicted octanol–water partition coefficient (Wildman–Crippen LogP) is 3.80. The molecule has 1 heterocycles. The Balaban J connectivity index is 1.62. The fourth-order valence-electron chi connectivity index (χ4n) is 2.53. The molecule has 0 atom stereocenters. The second-order valence-electron chi connectivity index (χ2n) is 5.99. The number of benzene rings is 2. The summed E-state index contributed by atoms with van der Waals surface area (Å²) < 4.78 is 39.9. The van der Waals surface area contributed by atoms with Crippen LogP contribution in [0.1, 0.15) is 26.7 Å². The van der Waals surface area contributed by atoms with E-state index in [1.165, 1.54) is 41.2 Å². The first-order valence-electron chi connectivity index (χ1n) is 8.12. The maximum atomic E-state index is 12.9. The van der Waals surface area contributed by atoms with Gasteiger partial charge in [-0.15, -0.1) is 11.3 Å². The molecule has 3 aromatic rings. The summed E-state index contributed by atoms with van der Waals surface area (Å²) in [4.78, 5) is 5.60. The van der Waals surface area contributed by atoms with Crippen molar-refractivity contribution in [2.24, 2.45) is 0 Å². The van der Waals surface area contributed by atoms with Crippen molar-refractivity contribution < 1.29 is 12.8 Å². The predicted molar refractivity (Wildman–Crippen MR) is 102 cm³/mol. The molecular weight excluding hydrogens is 371 g/mol. The van der Waals surface area contributed by atoms with Gasteiger partial charge in [-0.2, -0.15) is 0 Å². The lowest BCUT2D eigenvalue weighted by atomic mass is 10.1. The Morgan fingerprint density at radius 3 is 2.42 bits per heavy atom. The van der Waals surface area contributed by atoms with Crippen LogP contribution < -0.4 is 4.72 Å². The van der Waals surface area contributed by atoms with Crippen molar-refractivity contribution in [3.63, 3.8) is 0 Å². The Kier molecular flexibility index (Phi) is 5.80. The summed E-state index contributed by atoms with van der Waals surface area (Å²) in [6, 6.07) is 15.5. The van der Waals surface area contributed by atoms with E-state index in [-0.39, 0.29) is 18.1 Å². The van der Waals surface area contributed by atoms with Crippen LogP contribution in [0.3, 0.4) is 0 Å². The fourth-order valence-corrected chi connectivity index (χ4v) is 4.76. The molecule has 1 N–H and O–H groups in total. The van der Waals surface area contributed by atoms with Gasteiger partial charge in [0, 0.05) is 11.3 Å². The largest absolute Gasteiger partial charge is 0.245 e. The fraction of sp³-hybridized carbons (Fsp3) is 0.211. The summed E-state index contributed by atoms with van der Waals surface area (Å²) in [5.41, 5.74) is 2.66. The maximum Gasteiger partial charge on any atom is 0.216 e. The van der Waals surface area contributed by atoms with Crippen LogP contribution in [0.4, 0.5) is 4.39 Å². The second-order valence-corrected chi connectivity index (χ2v) is 8.96. The normalized spacial score (nSPS) is 11.6. The molecule has 0 aliphatic rings. The number of sulfonamides is 1. The van der Waals surface area contributed by atoms with E-state index in [0.29, 0.717) is 5.56 Å². The standard InChI is InChI=1S/C19H19FN2O2S2/c1-14-18(11-15-5-3-2-4-6-15)25-19(22-14)12-21-26(23,24)13-16-7-9-17(20)10-8-16/h2-10,21H,11-13H2,1H3. The van der Waals surface area contributed by atoms with E-state index >= 15 is 0 Å². The van der Waals surface area contributed by atoms with Gasteiger partial charge >= 0.3 is 0 Å². The molecule has 0 amide bonds. The molecule has 136 valence electrons. The second kappa shape index (κ2) is 8.07. The summed E-state index contributed by atoms with van der Waals surface area (Å²) in [6.07, 6.45) is 0.784. The zero-order valence-corrected chi connectivity index (χ0v) is 15.9. The molecule has 0 saturated heterocycles. The average molecular weight is 391 g/mol. The summed E-state index contributed by atoms with van der Waals surface area (Å²) in [6.45, 7) is 2.09. The molecule has 0 saturated carbocycles. The van der Waals surface area contributed by atoms with Crippen LogP contribution >= 0.6 is 11.3 Å². The van der Waals surface area contributed by atoms with Crippen molar-refractivity contribution in [1.82, 2.24) is 9.71 Å². The Bertz CT molecular complexity index is 969. The number of aromatic nitrogens is 1. The molecule has 0 unspecified atom stereocenters. The minimum atomic E-state index is -3.51. The number of nitrogens with one attached hydrogen (secondary N) is 1. The number of aryl methyl sites for hydroxylation is 1. The van der Waals surface area contributed by atoms with Gasteiger partial charge in [0.25, 0.3) is 0 Å². The van der Waals surface area contributed by atoms with E-state index in [1.807, 2.05) is 25.1 Å². The van der Waals surface area contributed by atoms with Crippen molar-refractivity contribution in [3.05, 3.63) is 87.1 Å². The van der Waals surface area contributed by atoms with Gasteiger partial charge in [-0.05, 0) is 30.2 Å². The molecule has 7 heteroatoms. The third kappa shape index (κ3) is 5.20. The van der Waals surface area contributed by atoms with Gasteiger partial charge in [0.1, 0.15) is 10.8 Å². The summed E-state index contributed by atoms with van der Waals surface area (Å²) >= 11 is 1.52. The van der Waals surface area contributed by atoms with Crippen molar-refractivity contribution in [1.29, 1.82) is 0 Å². The monoisotopic (exact) mass is 390 g/mol. The molecule has 0 bridgehead atoms. The van der Waals surface area contributed by atoms with Gasteiger partial charge < -0.3 is 0 Å². The van der Waals surface area contributed by atoms with Crippen molar-refractivity contribution in [2.45, 2.75) is 25.6 Å². The number of nitrogens with zero attached hydrogens (tertiary/aromatic N) is 1. The van der Waals surface area contributed by atoms with E-state index in [1.54, 1.807) is 0 Å². The van der Waals surface area contributed by atoms with Crippen molar-refractivity contribution >= 4 is 21.4 Å². The lowest BCUT2D eigenvalue weighted by Gasteiger charge is -2.05. The molecule has 3 rings (SSSR count). The van der Waals surface area contributed by atoms with Gasteiger partial charge in [0.2, 0.25) is 10.0 Å². The Hall–Kier alpha value is -2.09. The first-order chi connectivity index (χ1) is 12.4. The van der Waals surface area contributed by atoms with Crippen LogP contribution in [0.15, 0.2) is 54.6 Å². The quantitative estimate of drug-likeness (QED) is 0.668. The van der Waals surface area contributed by atoms with Gasteiger partial charge in [-0.3, -0.25) is 0 Å². The van der Waals surface area contributed by atoms with E-state index in [0.717, 1.165) is 22.0 Å². The van der Waals surface area contributed by atoms with Crippen LogP contribution in [-0.4, -0.2) is 13.4 Å². The van der Waals surface area contributed by atoms with E-state index < -0.39 is 10.0 Å². The average Bonchev–Trinajstić information content (AvgIpc) is 2.96. The molecule has 0 spiro atoms. The van der Waals surface area contributed by atoms with E-state index in [2.05, 4.69) is 21.8 Å². The zero-order valence-electron chi connectivity index (χ0n) is 14.3. The van der Waals surface area contributed by atoms with Crippen molar-refractivity contribution in [3.8, 4) is 0 Å². The molecule has 26 heavy (non-hydrogen) atoms. The highest BCUT2D eigenvalue weighted by Gasteiger charge is 2.14. The van der Waals surface area contributed by atoms with E-state index in [4.69, 9.17) is 0 Å². The van der Waals surface area contributed by atoms with Crippen LogP contribution in [0.2, 0.25) is 0 Å². The lowest BCUT2D eigenvalue weighted by molar-refractivity contribution is 0.580.